The third kappa shape index (κ3) is 5.01. The fourth-order valence-electron chi connectivity index (χ4n) is 5.90. The highest BCUT2D eigenvalue weighted by molar-refractivity contribution is 8.14. The molecule has 0 aromatic heterocycles. The quantitative estimate of drug-likeness (QED) is 0.243. The van der Waals surface area contributed by atoms with Crippen molar-refractivity contribution in [1.29, 1.82) is 0 Å². The molecule has 1 aliphatic carbocycles. The van der Waals surface area contributed by atoms with Gasteiger partial charge in [-0.05, 0) is 74.3 Å². The van der Waals surface area contributed by atoms with Crippen molar-refractivity contribution in [2.24, 2.45) is 23.7 Å². The van der Waals surface area contributed by atoms with Gasteiger partial charge in [0.15, 0.2) is 11.9 Å². The molecule has 8 heteroatoms. The van der Waals surface area contributed by atoms with Crippen LogP contribution in [0.4, 0.5) is 4.79 Å². The van der Waals surface area contributed by atoms with Gasteiger partial charge in [0.25, 0.3) is 0 Å². The van der Waals surface area contributed by atoms with Crippen LogP contribution in [0, 0.1) is 23.7 Å². The Morgan fingerprint density at radius 1 is 1.09 bits per heavy atom. The molecule has 0 radical (unpaired) electrons. The summed E-state index contributed by atoms with van der Waals surface area (Å²) >= 11 is 3.11. The summed E-state index contributed by atoms with van der Waals surface area (Å²) in [6.07, 6.45) is 5.74. The van der Waals surface area contributed by atoms with Gasteiger partial charge in [0.05, 0.1) is 6.61 Å². The fourth-order valence-corrected chi connectivity index (χ4v) is 7.82. The largest absolute Gasteiger partial charge is 0.458 e. The van der Waals surface area contributed by atoms with E-state index in [0.717, 1.165) is 37.9 Å². The number of ether oxygens (including phenoxy) is 3. The summed E-state index contributed by atoms with van der Waals surface area (Å²) in [5, 5.41) is -0.183. The van der Waals surface area contributed by atoms with Crippen molar-refractivity contribution < 1.29 is 28.8 Å². The molecule has 2 bridgehead atoms. The van der Waals surface area contributed by atoms with E-state index in [1.54, 1.807) is 0 Å². The van der Waals surface area contributed by atoms with Gasteiger partial charge in [0.2, 0.25) is 5.79 Å². The van der Waals surface area contributed by atoms with Gasteiger partial charge in [-0.15, -0.1) is 11.8 Å². The molecule has 1 spiro atoms. The first kappa shape index (κ1) is 25.1. The summed E-state index contributed by atoms with van der Waals surface area (Å²) < 4.78 is 18.3. The molecule has 0 aromatic carbocycles. The normalized spacial score (nSPS) is 43.4. The van der Waals surface area contributed by atoms with Gasteiger partial charge in [0.1, 0.15) is 5.44 Å². The first-order valence-electron chi connectivity index (χ1n) is 12.2. The van der Waals surface area contributed by atoms with Crippen molar-refractivity contribution >= 4 is 28.8 Å². The van der Waals surface area contributed by atoms with Crippen LogP contribution in [0.2, 0.25) is 0 Å². The fraction of sp³-hybridized carbons (Fsp3) is 0.958. The van der Waals surface area contributed by atoms with E-state index in [-0.39, 0.29) is 21.8 Å². The molecular weight excluding hydrogens is 448 g/mol. The van der Waals surface area contributed by atoms with Crippen molar-refractivity contribution in [3.8, 4) is 0 Å². The van der Waals surface area contributed by atoms with Crippen LogP contribution in [0.25, 0.3) is 0 Å². The highest BCUT2D eigenvalue weighted by atomic mass is 32.2. The predicted molar refractivity (Wildman–Crippen MR) is 127 cm³/mol. The molecule has 184 valence electrons. The van der Waals surface area contributed by atoms with Gasteiger partial charge in [-0.3, -0.25) is 0 Å². The van der Waals surface area contributed by atoms with Crippen molar-refractivity contribution in [1.82, 2.24) is 0 Å². The van der Waals surface area contributed by atoms with E-state index >= 15 is 0 Å². The second-order valence-electron chi connectivity index (χ2n) is 11.2. The van der Waals surface area contributed by atoms with Crippen LogP contribution in [-0.4, -0.2) is 45.5 Å². The predicted octanol–water partition coefficient (Wildman–Crippen LogP) is 6.38. The molecule has 5 aliphatic rings. The van der Waals surface area contributed by atoms with Crippen molar-refractivity contribution in [3.05, 3.63) is 0 Å². The van der Waals surface area contributed by atoms with E-state index in [1.807, 2.05) is 39.5 Å². The Kier molecular flexibility index (Phi) is 7.51. The first-order valence-corrected chi connectivity index (χ1v) is 14.1. The molecular formula is C24H40O6S2. The zero-order valence-corrected chi connectivity index (χ0v) is 22.0. The molecule has 0 amide bonds. The number of thioether (sulfide) groups is 2. The highest BCUT2D eigenvalue weighted by Crippen LogP contribution is 2.61. The maximum atomic E-state index is 11.8. The number of rotatable bonds is 6. The maximum absolute atomic E-state index is 11.8. The Bertz CT molecular complexity index is 684. The minimum absolute atomic E-state index is 0.0789. The smallest absolute Gasteiger partial charge is 0.367 e. The number of fused-ring (bicyclic) bond motifs is 2. The number of hydrogen-bond donors (Lipinski definition) is 0. The van der Waals surface area contributed by atoms with Gasteiger partial charge < -0.3 is 14.2 Å². The zero-order chi connectivity index (χ0) is 23.1. The molecule has 4 heterocycles. The van der Waals surface area contributed by atoms with Gasteiger partial charge in [0, 0.05) is 17.1 Å². The van der Waals surface area contributed by atoms with E-state index in [2.05, 4.69) is 13.8 Å². The van der Waals surface area contributed by atoms with Gasteiger partial charge >= 0.3 is 5.30 Å². The lowest BCUT2D eigenvalue weighted by molar-refractivity contribution is -0.568. The molecule has 5 rings (SSSR count). The Labute approximate surface area is 201 Å². The maximum Gasteiger partial charge on any atom is 0.367 e. The van der Waals surface area contributed by atoms with E-state index in [9.17, 15) is 4.79 Å². The second kappa shape index (κ2) is 9.57. The molecule has 0 aromatic rings. The molecule has 0 N–H and O–H groups in total. The third-order valence-electron chi connectivity index (χ3n) is 7.53. The first-order chi connectivity index (χ1) is 15.0. The molecule has 1 saturated carbocycles. The Hall–Kier alpha value is 0.01000. The third-order valence-corrected chi connectivity index (χ3v) is 9.82. The van der Waals surface area contributed by atoms with Crippen LogP contribution < -0.4 is 0 Å². The lowest BCUT2D eigenvalue weighted by Crippen LogP contribution is -2.70. The van der Waals surface area contributed by atoms with Crippen molar-refractivity contribution in [2.45, 2.75) is 108 Å². The van der Waals surface area contributed by atoms with Gasteiger partial charge in [-0.1, -0.05) is 34.6 Å². The Balaban J connectivity index is 1.30. The number of carbonyl (C=O) groups is 1. The number of carbonyl (C=O) groups excluding carboxylic acids is 1. The number of unbranched alkanes of at least 4 members (excludes halogenated alkanes) is 1. The SMILES string of the molecule is C[C@H]1[C@H](SCCCCOC(=O)SC(C)(C)C)O[C@@H]2O[C@]3(C)CC[C@H]4[C@H](C)CC[C@@H]1[C@@]24OO3. The van der Waals surface area contributed by atoms with E-state index in [0.29, 0.717) is 30.3 Å². The average molecular weight is 489 g/mol. The Morgan fingerprint density at radius 3 is 2.62 bits per heavy atom. The van der Waals surface area contributed by atoms with E-state index in [4.69, 9.17) is 24.0 Å². The topological polar surface area (TPSA) is 63.2 Å². The van der Waals surface area contributed by atoms with Crippen LogP contribution in [0.3, 0.4) is 0 Å². The molecule has 32 heavy (non-hydrogen) atoms. The summed E-state index contributed by atoms with van der Waals surface area (Å²) in [6.45, 7) is 13.1. The minimum atomic E-state index is -0.720. The lowest BCUT2D eigenvalue weighted by atomic mass is 9.58. The van der Waals surface area contributed by atoms with Crippen molar-refractivity contribution in [3.63, 3.8) is 0 Å². The summed E-state index contributed by atoms with van der Waals surface area (Å²) in [5.41, 5.74) is -0.404. The van der Waals surface area contributed by atoms with Crippen molar-refractivity contribution in [2.75, 3.05) is 12.4 Å². The van der Waals surface area contributed by atoms with Crippen LogP contribution in [0.1, 0.15) is 80.1 Å². The monoisotopic (exact) mass is 488 g/mol. The molecule has 4 aliphatic heterocycles. The summed E-state index contributed by atoms with van der Waals surface area (Å²) in [6, 6.07) is 0. The highest BCUT2D eigenvalue weighted by Gasteiger charge is 2.69. The average Bonchev–Trinajstić information content (AvgIpc) is 2.93. The standard InChI is InChI=1S/C24H40O6S2/c1-15-9-10-18-16(2)19(31-14-8-7-13-26-21(25)32-22(3,4)5)27-20-24(18)17(15)11-12-23(6,28-20)29-30-24/h15-20H,7-14H2,1-6H3/t15-,16-,17+,18+,19+,20-,23+,24-/m1/s1. The molecule has 4 saturated heterocycles. The molecule has 0 unspecified atom stereocenters. The summed E-state index contributed by atoms with van der Waals surface area (Å²) in [7, 11) is 0. The molecule has 6 nitrogen and oxygen atoms in total. The number of hydrogen-bond acceptors (Lipinski definition) is 8. The molecule has 8 atom stereocenters. The minimum Gasteiger partial charge on any atom is -0.458 e. The summed E-state index contributed by atoms with van der Waals surface area (Å²) in [4.78, 5) is 23.9. The van der Waals surface area contributed by atoms with Crippen LogP contribution in [0.5, 0.6) is 0 Å². The van der Waals surface area contributed by atoms with E-state index in [1.165, 1.54) is 18.2 Å². The zero-order valence-electron chi connectivity index (χ0n) is 20.4. The van der Waals surface area contributed by atoms with Crippen LogP contribution >= 0.6 is 23.5 Å². The Morgan fingerprint density at radius 2 is 1.88 bits per heavy atom. The summed E-state index contributed by atoms with van der Waals surface area (Å²) in [5.74, 6) is 1.98. The lowest BCUT2D eigenvalue weighted by Gasteiger charge is -2.60. The van der Waals surface area contributed by atoms with Gasteiger partial charge in [-0.2, -0.15) is 0 Å². The van der Waals surface area contributed by atoms with Crippen LogP contribution in [-0.2, 0) is 24.0 Å². The van der Waals surface area contributed by atoms with Gasteiger partial charge in [-0.25, -0.2) is 14.6 Å². The van der Waals surface area contributed by atoms with Crippen LogP contribution in [0.15, 0.2) is 0 Å². The molecule has 5 fully saturated rings. The van der Waals surface area contributed by atoms with E-state index < -0.39 is 11.4 Å². The second-order valence-corrected chi connectivity index (χ2v) is 14.1.